The number of aryl methyl sites for hydroxylation is 1. The van der Waals surface area contributed by atoms with Crippen molar-refractivity contribution in [1.29, 1.82) is 0 Å². The summed E-state index contributed by atoms with van der Waals surface area (Å²) in [5.41, 5.74) is -9.48. The molecule has 3 saturated carbocycles. The van der Waals surface area contributed by atoms with Crippen molar-refractivity contribution in [2.24, 2.45) is 10.8 Å². The van der Waals surface area contributed by atoms with Crippen LogP contribution in [0.25, 0.3) is 0 Å². The van der Waals surface area contributed by atoms with Crippen molar-refractivity contribution in [1.82, 2.24) is 4.90 Å². The number of carbonyl (C=O) groups excluding carboxylic acids is 1. The van der Waals surface area contributed by atoms with Crippen molar-refractivity contribution >= 4 is 21.7 Å². The van der Waals surface area contributed by atoms with Crippen LogP contribution >= 0.6 is 0 Å². The van der Waals surface area contributed by atoms with Gasteiger partial charge < -0.3 is 14.7 Å². The van der Waals surface area contributed by atoms with Gasteiger partial charge in [0.25, 0.3) is 0 Å². The van der Waals surface area contributed by atoms with Gasteiger partial charge in [-0.05, 0) is 93.2 Å². The maximum Gasteiger partial charge on any atom is 0.435 e. The quantitative estimate of drug-likeness (QED) is 0.342. The van der Waals surface area contributed by atoms with Crippen LogP contribution in [0.15, 0.2) is 47.4 Å². The van der Waals surface area contributed by atoms with Gasteiger partial charge in [-0.15, -0.1) is 0 Å². The molecule has 47 heavy (non-hydrogen) atoms. The number of rotatable bonds is 6. The number of carboxylic acids is 1. The van der Waals surface area contributed by atoms with Gasteiger partial charge in [0.1, 0.15) is 10.5 Å². The lowest BCUT2D eigenvalue weighted by molar-refractivity contribution is -0.348. The number of sulfone groups is 1. The fourth-order valence-electron chi connectivity index (χ4n) is 8.57. The summed E-state index contributed by atoms with van der Waals surface area (Å²) in [4.78, 5) is 27.6. The van der Waals surface area contributed by atoms with Gasteiger partial charge in [-0.2, -0.15) is 26.3 Å². The van der Waals surface area contributed by atoms with E-state index in [-0.39, 0.29) is 67.0 Å². The van der Waals surface area contributed by atoms with E-state index in [1.807, 2.05) is 0 Å². The standard InChI is InChI=1S/C32H32F7NO6S/c1-46-21-4-6-22(7-5-21)47(44,45)29-16-17-40(25(41)27-10-13-28(14-11-27,15-12-27)26(42)43)24(29)9-2-19-18-20(3-8-23(19)29)30(33,31(34,35)36)32(37,38)39/h3-8,18,24H,2,9-17H2,1H3,(H,42,43). The molecular weight excluding hydrogens is 659 g/mol. The SMILES string of the molecule is COc1ccc(S(=O)(=O)C23CCN(C(=O)C45CCC(C(=O)O)(CC4)CC5)C2CCc2cc(C(F)(C(F)(F)F)C(F)(F)F)ccc23)cc1. The number of methoxy groups -OCH3 is 1. The second-order valence-corrected chi connectivity index (χ2v) is 15.5. The zero-order chi connectivity index (χ0) is 34.4. The number of halogens is 7. The molecule has 2 aromatic rings. The highest BCUT2D eigenvalue weighted by Crippen LogP contribution is 2.61. The molecule has 2 aromatic carbocycles. The predicted molar refractivity (Wildman–Crippen MR) is 152 cm³/mol. The van der Waals surface area contributed by atoms with Crippen LogP contribution in [0, 0.1) is 10.8 Å². The normalized spacial score (nSPS) is 29.3. The Balaban J connectivity index is 1.47. The Hall–Kier alpha value is -3.36. The monoisotopic (exact) mass is 691 g/mol. The molecule has 7 rings (SSSR count). The van der Waals surface area contributed by atoms with Gasteiger partial charge >= 0.3 is 24.0 Å². The molecule has 4 aliphatic carbocycles. The number of likely N-dealkylation sites (tertiary alicyclic amines) is 1. The van der Waals surface area contributed by atoms with E-state index in [9.17, 15) is 49.5 Å². The summed E-state index contributed by atoms with van der Waals surface area (Å²) in [7, 11) is -3.13. The fourth-order valence-corrected chi connectivity index (χ4v) is 10.9. The van der Waals surface area contributed by atoms with E-state index in [0.717, 1.165) is 6.07 Å². The number of carbonyl (C=O) groups is 2. The Morgan fingerprint density at radius 3 is 1.91 bits per heavy atom. The van der Waals surface area contributed by atoms with E-state index < -0.39 is 61.0 Å². The van der Waals surface area contributed by atoms with Crippen molar-refractivity contribution in [3.05, 3.63) is 59.2 Å². The second-order valence-electron chi connectivity index (χ2n) is 13.3. The summed E-state index contributed by atoms with van der Waals surface area (Å²) in [5, 5.41) is 9.80. The summed E-state index contributed by atoms with van der Waals surface area (Å²) in [6.45, 7) is -0.0654. The van der Waals surface area contributed by atoms with Gasteiger partial charge in [-0.3, -0.25) is 9.59 Å². The molecule has 2 unspecified atom stereocenters. The highest BCUT2D eigenvalue weighted by molar-refractivity contribution is 7.92. The van der Waals surface area contributed by atoms with Crippen molar-refractivity contribution in [3.63, 3.8) is 0 Å². The molecule has 1 aliphatic heterocycles. The van der Waals surface area contributed by atoms with Gasteiger partial charge in [0.2, 0.25) is 5.91 Å². The molecular formula is C32H32F7NO6S. The van der Waals surface area contributed by atoms with Crippen LogP contribution in [0.5, 0.6) is 5.75 Å². The zero-order valence-corrected chi connectivity index (χ0v) is 26.0. The van der Waals surface area contributed by atoms with Crippen LogP contribution in [0.1, 0.15) is 68.1 Å². The number of nitrogens with zero attached hydrogens (tertiary/aromatic N) is 1. The first-order chi connectivity index (χ1) is 21.8. The van der Waals surface area contributed by atoms with Crippen LogP contribution in [-0.4, -0.2) is 62.3 Å². The summed E-state index contributed by atoms with van der Waals surface area (Å²) in [6, 6.07) is 5.93. The molecule has 4 fully saturated rings. The Morgan fingerprint density at radius 1 is 0.851 bits per heavy atom. The van der Waals surface area contributed by atoms with Gasteiger partial charge in [0, 0.05) is 17.5 Å². The van der Waals surface area contributed by atoms with Gasteiger partial charge in [-0.1, -0.05) is 18.2 Å². The largest absolute Gasteiger partial charge is 0.497 e. The van der Waals surface area contributed by atoms with E-state index in [4.69, 9.17) is 4.74 Å². The molecule has 1 amide bonds. The predicted octanol–water partition coefficient (Wildman–Crippen LogP) is 6.63. The lowest BCUT2D eigenvalue weighted by Gasteiger charge is -2.52. The topological polar surface area (TPSA) is 101 Å². The van der Waals surface area contributed by atoms with E-state index in [1.165, 1.54) is 36.3 Å². The molecule has 0 spiro atoms. The third kappa shape index (κ3) is 4.53. The van der Waals surface area contributed by atoms with E-state index in [0.29, 0.717) is 37.1 Å². The van der Waals surface area contributed by atoms with Crippen LogP contribution in [0.4, 0.5) is 30.7 Å². The summed E-state index contributed by atoms with van der Waals surface area (Å²) in [6.07, 6.45) is -11.5. The number of amides is 1. The number of hydrogen-bond donors (Lipinski definition) is 1. The molecule has 1 N–H and O–H groups in total. The second kappa shape index (κ2) is 10.6. The van der Waals surface area contributed by atoms with Crippen LogP contribution in [-0.2, 0) is 36.3 Å². The molecule has 0 radical (unpaired) electrons. The smallest absolute Gasteiger partial charge is 0.435 e. The van der Waals surface area contributed by atoms with E-state index >= 15 is 4.39 Å². The number of hydrogen-bond acceptors (Lipinski definition) is 5. The first-order valence-corrected chi connectivity index (χ1v) is 16.7. The van der Waals surface area contributed by atoms with Gasteiger partial charge in [0.05, 0.1) is 23.5 Å². The van der Waals surface area contributed by atoms with E-state index in [2.05, 4.69) is 0 Å². The Morgan fingerprint density at radius 2 is 1.40 bits per heavy atom. The summed E-state index contributed by atoms with van der Waals surface area (Å²) < 4.78 is 130. The number of ether oxygens (including phenoxy) is 1. The Kier molecular flexibility index (Phi) is 7.54. The first-order valence-electron chi connectivity index (χ1n) is 15.2. The van der Waals surface area contributed by atoms with Crippen molar-refractivity contribution < 1.29 is 58.6 Å². The lowest BCUT2D eigenvalue weighted by atomic mass is 9.53. The molecule has 2 bridgehead atoms. The van der Waals surface area contributed by atoms with Gasteiger partial charge in [0.15, 0.2) is 9.84 Å². The first kappa shape index (κ1) is 33.5. The average molecular weight is 692 g/mol. The molecule has 256 valence electrons. The molecule has 1 saturated heterocycles. The molecule has 15 heteroatoms. The highest BCUT2D eigenvalue weighted by Gasteiger charge is 2.74. The minimum Gasteiger partial charge on any atom is -0.497 e. The average Bonchev–Trinajstić information content (AvgIpc) is 3.45. The number of fused-ring (bicyclic) bond motifs is 6. The summed E-state index contributed by atoms with van der Waals surface area (Å²) in [5.74, 6) is -0.912. The van der Waals surface area contributed by atoms with Crippen molar-refractivity contribution in [3.8, 4) is 5.75 Å². The Bertz CT molecular complexity index is 1680. The highest BCUT2D eigenvalue weighted by atomic mass is 32.2. The minimum absolute atomic E-state index is 0.0654. The fraction of sp³-hybridized carbons (Fsp3) is 0.562. The van der Waals surface area contributed by atoms with Gasteiger partial charge in [-0.25, -0.2) is 12.8 Å². The summed E-state index contributed by atoms with van der Waals surface area (Å²) >= 11 is 0. The third-order valence-electron chi connectivity index (χ3n) is 11.3. The number of benzene rings is 2. The van der Waals surface area contributed by atoms with E-state index in [1.54, 1.807) is 0 Å². The minimum atomic E-state index is -6.35. The number of alkyl halides is 7. The number of carboxylic acid groups (broad SMARTS) is 1. The molecule has 0 aromatic heterocycles. The Labute approximate surface area is 266 Å². The van der Waals surface area contributed by atoms with Crippen LogP contribution in [0.3, 0.4) is 0 Å². The molecule has 7 nitrogen and oxygen atoms in total. The zero-order valence-electron chi connectivity index (χ0n) is 25.2. The maximum absolute atomic E-state index is 15.1. The lowest BCUT2D eigenvalue weighted by Crippen LogP contribution is -2.57. The van der Waals surface area contributed by atoms with Crippen LogP contribution in [0.2, 0.25) is 0 Å². The molecule has 5 aliphatic rings. The van der Waals surface area contributed by atoms with Crippen LogP contribution < -0.4 is 4.74 Å². The van der Waals surface area contributed by atoms with Crippen molar-refractivity contribution in [2.45, 2.75) is 91.5 Å². The molecule has 1 heterocycles. The molecule has 2 atom stereocenters. The van der Waals surface area contributed by atoms with Crippen molar-refractivity contribution in [2.75, 3.05) is 13.7 Å². The maximum atomic E-state index is 15.1. The third-order valence-corrected chi connectivity index (χ3v) is 13.9. The number of aliphatic carboxylic acids is 1.